The summed E-state index contributed by atoms with van der Waals surface area (Å²) >= 11 is 0. The number of carbonyl (C=O) groups is 1. The van der Waals surface area contributed by atoms with Crippen molar-refractivity contribution in [2.45, 2.75) is 13.0 Å². The van der Waals surface area contributed by atoms with Crippen molar-refractivity contribution in [3.63, 3.8) is 0 Å². The van der Waals surface area contributed by atoms with Gasteiger partial charge in [-0.25, -0.2) is 8.42 Å². The number of hydrogen-bond acceptors (Lipinski definition) is 5. The molecule has 0 saturated carbocycles. The maximum Gasteiger partial charge on any atom is 0.225 e. The molecule has 1 N–H and O–H groups in total. The van der Waals surface area contributed by atoms with Crippen LogP contribution in [-0.4, -0.2) is 43.5 Å². The minimum atomic E-state index is -3.42. The minimum Gasteiger partial charge on any atom is -0.497 e. The van der Waals surface area contributed by atoms with E-state index in [1.807, 2.05) is 0 Å². The molecule has 7 nitrogen and oxygen atoms in total. The number of amides is 1. The van der Waals surface area contributed by atoms with Crippen molar-refractivity contribution in [1.29, 1.82) is 0 Å². The molecule has 2 rings (SSSR count). The summed E-state index contributed by atoms with van der Waals surface area (Å²) in [6.45, 7) is 0.306. The molecule has 0 aliphatic carbocycles. The molecule has 0 fully saturated rings. The molecule has 1 aromatic heterocycles. The molecular formula is C17H21N3O4S. The van der Waals surface area contributed by atoms with Gasteiger partial charge in [0.25, 0.3) is 0 Å². The van der Waals surface area contributed by atoms with Crippen LogP contribution in [0.4, 0.5) is 5.69 Å². The predicted octanol–water partition coefficient (Wildman–Crippen LogP) is 1.88. The number of anilines is 1. The zero-order valence-electron chi connectivity index (χ0n) is 14.2. The average molecular weight is 363 g/mol. The van der Waals surface area contributed by atoms with E-state index >= 15 is 0 Å². The van der Waals surface area contributed by atoms with Crippen molar-refractivity contribution in [3.05, 3.63) is 54.4 Å². The van der Waals surface area contributed by atoms with Crippen LogP contribution in [0.25, 0.3) is 0 Å². The van der Waals surface area contributed by atoms with E-state index in [-0.39, 0.29) is 25.4 Å². The summed E-state index contributed by atoms with van der Waals surface area (Å²) in [5.41, 5.74) is 1.45. The Morgan fingerprint density at radius 2 is 1.80 bits per heavy atom. The molecular weight excluding hydrogens is 342 g/mol. The SMILES string of the molecule is COc1ccc(NC(=O)CCN(Cc2ccncc2)S(C)(=O)=O)cc1. The first-order chi connectivity index (χ1) is 11.9. The smallest absolute Gasteiger partial charge is 0.225 e. The number of pyridine rings is 1. The Labute approximate surface area is 147 Å². The van der Waals surface area contributed by atoms with Crippen LogP contribution in [0.15, 0.2) is 48.8 Å². The van der Waals surface area contributed by atoms with E-state index in [2.05, 4.69) is 10.3 Å². The highest BCUT2D eigenvalue weighted by atomic mass is 32.2. The van der Waals surface area contributed by atoms with Gasteiger partial charge in [0, 0.05) is 37.6 Å². The molecule has 25 heavy (non-hydrogen) atoms. The van der Waals surface area contributed by atoms with Gasteiger partial charge >= 0.3 is 0 Å². The summed E-state index contributed by atoms with van der Waals surface area (Å²) in [6, 6.07) is 10.4. The van der Waals surface area contributed by atoms with Gasteiger partial charge in [-0.3, -0.25) is 9.78 Å². The van der Waals surface area contributed by atoms with Crippen molar-refractivity contribution in [1.82, 2.24) is 9.29 Å². The number of nitrogens with one attached hydrogen (secondary N) is 1. The third-order valence-corrected chi connectivity index (χ3v) is 4.79. The number of ether oxygens (including phenoxy) is 1. The summed E-state index contributed by atoms with van der Waals surface area (Å²) in [6.07, 6.45) is 4.40. The van der Waals surface area contributed by atoms with Crippen molar-refractivity contribution < 1.29 is 17.9 Å². The Hall–Kier alpha value is -2.45. The molecule has 0 unspecified atom stereocenters. The lowest BCUT2D eigenvalue weighted by Gasteiger charge is -2.19. The van der Waals surface area contributed by atoms with Gasteiger partial charge in [-0.1, -0.05) is 0 Å². The second kappa shape index (κ2) is 8.59. The Morgan fingerprint density at radius 1 is 1.16 bits per heavy atom. The van der Waals surface area contributed by atoms with Gasteiger partial charge in [-0.2, -0.15) is 4.31 Å². The van der Waals surface area contributed by atoms with Gasteiger partial charge in [0.15, 0.2) is 0 Å². The second-order valence-electron chi connectivity index (χ2n) is 5.48. The third-order valence-electron chi connectivity index (χ3n) is 3.54. The zero-order valence-corrected chi connectivity index (χ0v) is 15.0. The van der Waals surface area contributed by atoms with Crippen LogP contribution in [0.2, 0.25) is 0 Å². The molecule has 0 bridgehead atoms. The first-order valence-corrected chi connectivity index (χ1v) is 9.51. The fourth-order valence-corrected chi connectivity index (χ4v) is 2.98. The normalized spacial score (nSPS) is 11.3. The summed E-state index contributed by atoms with van der Waals surface area (Å²) < 4.78 is 30.2. The molecule has 1 heterocycles. The zero-order chi connectivity index (χ0) is 18.3. The van der Waals surface area contributed by atoms with Crippen LogP contribution in [0.5, 0.6) is 5.75 Å². The van der Waals surface area contributed by atoms with E-state index in [1.54, 1.807) is 55.9 Å². The lowest BCUT2D eigenvalue weighted by molar-refractivity contribution is -0.116. The highest BCUT2D eigenvalue weighted by Crippen LogP contribution is 2.15. The Kier molecular flexibility index (Phi) is 6.49. The van der Waals surface area contributed by atoms with Gasteiger partial charge in [0.2, 0.25) is 15.9 Å². The molecule has 0 atom stereocenters. The predicted molar refractivity (Wildman–Crippen MR) is 95.7 cm³/mol. The standard InChI is InChI=1S/C17H21N3O4S/c1-24-16-5-3-15(4-6-16)19-17(21)9-12-20(25(2,22)23)13-14-7-10-18-11-8-14/h3-8,10-11H,9,12-13H2,1-2H3,(H,19,21). The number of rotatable bonds is 8. The third kappa shape index (κ3) is 6.17. The van der Waals surface area contributed by atoms with Crippen LogP contribution >= 0.6 is 0 Å². The number of aromatic nitrogens is 1. The highest BCUT2D eigenvalue weighted by molar-refractivity contribution is 7.88. The number of carbonyl (C=O) groups excluding carboxylic acids is 1. The minimum absolute atomic E-state index is 0.0597. The lowest BCUT2D eigenvalue weighted by Crippen LogP contribution is -2.32. The summed E-state index contributed by atoms with van der Waals surface area (Å²) in [5, 5.41) is 2.74. The fourth-order valence-electron chi connectivity index (χ4n) is 2.18. The highest BCUT2D eigenvalue weighted by Gasteiger charge is 2.18. The largest absolute Gasteiger partial charge is 0.497 e. The summed E-state index contributed by atoms with van der Waals surface area (Å²) in [5.74, 6) is 0.437. The van der Waals surface area contributed by atoms with Crippen LogP contribution in [0, 0.1) is 0 Å². The van der Waals surface area contributed by atoms with E-state index in [0.29, 0.717) is 11.4 Å². The van der Waals surface area contributed by atoms with E-state index in [1.165, 1.54) is 4.31 Å². The van der Waals surface area contributed by atoms with E-state index < -0.39 is 10.0 Å². The average Bonchev–Trinajstić information content (AvgIpc) is 2.59. The molecule has 0 aliphatic rings. The summed E-state index contributed by atoms with van der Waals surface area (Å²) in [7, 11) is -1.86. The maximum absolute atomic E-state index is 12.1. The van der Waals surface area contributed by atoms with Gasteiger partial charge in [0.05, 0.1) is 13.4 Å². The van der Waals surface area contributed by atoms with Crippen LogP contribution < -0.4 is 10.1 Å². The first kappa shape index (κ1) is 18.9. The molecule has 0 radical (unpaired) electrons. The quantitative estimate of drug-likeness (QED) is 0.774. The molecule has 0 aliphatic heterocycles. The fraction of sp³-hybridized carbons (Fsp3) is 0.294. The molecule has 134 valence electrons. The topological polar surface area (TPSA) is 88.6 Å². The van der Waals surface area contributed by atoms with E-state index in [4.69, 9.17) is 4.74 Å². The molecule has 1 aromatic carbocycles. The number of nitrogens with zero attached hydrogens (tertiary/aromatic N) is 2. The molecule has 8 heteroatoms. The van der Waals surface area contributed by atoms with Crippen molar-refractivity contribution in [3.8, 4) is 5.75 Å². The van der Waals surface area contributed by atoms with E-state index in [9.17, 15) is 13.2 Å². The van der Waals surface area contributed by atoms with Crippen molar-refractivity contribution in [2.24, 2.45) is 0 Å². The Bertz CT molecular complexity index is 792. The second-order valence-corrected chi connectivity index (χ2v) is 7.46. The van der Waals surface area contributed by atoms with Crippen molar-refractivity contribution >= 4 is 21.6 Å². The number of hydrogen-bond donors (Lipinski definition) is 1. The van der Waals surface area contributed by atoms with Gasteiger partial charge < -0.3 is 10.1 Å². The Morgan fingerprint density at radius 3 is 2.36 bits per heavy atom. The number of benzene rings is 1. The number of sulfonamides is 1. The summed E-state index contributed by atoms with van der Waals surface area (Å²) in [4.78, 5) is 16.0. The van der Waals surface area contributed by atoms with E-state index in [0.717, 1.165) is 11.8 Å². The molecule has 2 aromatic rings. The van der Waals surface area contributed by atoms with Gasteiger partial charge in [-0.05, 0) is 42.0 Å². The first-order valence-electron chi connectivity index (χ1n) is 7.66. The van der Waals surface area contributed by atoms with Crippen LogP contribution in [-0.2, 0) is 21.4 Å². The van der Waals surface area contributed by atoms with Crippen molar-refractivity contribution in [2.75, 3.05) is 25.2 Å². The lowest BCUT2D eigenvalue weighted by atomic mass is 10.2. The molecule has 1 amide bonds. The molecule has 0 saturated heterocycles. The van der Waals surface area contributed by atoms with Crippen LogP contribution in [0.3, 0.4) is 0 Å². The monoisotopic (exact) mass is 363 g/mol. The van der Waals surface area contributed by atoms with Crippen LogP contribution in [0.1, 0.15) is 12.0 Å². The van der Waals surface area contributed by atoms with Gasteiger partial charge in [0.1, 0.15) is 5.75 Å². The number of methoxy groups -OCH3 is 1. The molecule has 0 spiro atoms. The van der Waals surface area contributed by atoms with Gasteiger partial charge in [-0.15, -0.1) is 0 Å². The Balaban J connectivity index is 1.93. The maximum atomic E-state index is 12.1.